The van der Waals surface area contributed by atoms with Gasteiger partial charge in [0.2, 0.25) is 15.9 Å². The van der Waals surface area contributed by atoms with Gasteiger partial charge in [0, 0.05) is 5.69 Å². The van der Waals surface area contributed by atoms with E-state index in [4.69, 9.17) is 9.47 Å². The van der Waals surface area contributed by atoms with E-state index in [0.717, 1.165) is 10.6 Å². The minimum absolute atomic E-state index is 0.373. The van der Waals surface area contributed by atoms with Gasteiger partial charge in [-0.3, -0.25) is 9.10 Å². The Morgan fingerprint density at radius 3 is 1.97 bits per heavy atom. The number of amides is 1. The van der Waals surface area contributed by atoms with E-state index in [9.17, 15) is 13.2 Å². The van der Waals surface area contributed by atoms with Crippen LogP contribution in [0, 0.1) is 0 Å². The Morgan fingerprint density at radius 2 is 1.42 bits per heavy atom. The van der Waals surface area contributed by atoms with Crippen LogP contribution >= 0.6 is 0 Å². The molecule has 0 fully saturated rings. The van der Waals surface area contributed by atoms with Gasteiger partial charge in [-0.05, 0) is 67.6 Å². The molecule has 0 saturated heterocycles. The predicted octanol–water partition coefficient (Wildman–Crippen LogP) is 4.28. The molecule has 0 radical (unpaired) electrons. The van der Waals surface area contributed by atoms with Crippen LogP contribution in [0.1, 0.15) is 6.92 Å². The van der Waals surface area contributed by atoms with Crippen LogP contribution in [-0.2, 0) is 14.8 Å². The number of hydrogen-bond donors (Lipinski definition) is 1. The van der Waals surface area contributed by atoms with E-state index in [1.165, 1.54) is 14.0 Å². The van der Waals surface area contributed by atoms with Crippen molar-refractivity contribution in [2.75, 3.05) is 23.0 Å². The molecule has 3 aromatic rings. The molecule has 1 N–H and O–H groups in total. The van der Waals surface area contributed by atoms with Gasteiger partial charge in [0.15, 0.2) is 0 Å². The highest BCUT2D eigenvalue weighted by Crippen LogP contribution is 2.25. The average molecular weight is 441 g/mol. The van der Waals surface area contributed by atoms with Crippen LogP contribution in [0.15, 0.2) is 78.9 Å². The van der Waals surface area contributed by atoms with Gasteiger partial charge in [-0.25, -0.2) is 8.42 Å². The lowest BCUT2D eigenvalue weighted by Crippen LogP contribution is -2.45. The van der Waals surface area contributed by atoms with E-state index in [0.29, 0.717) is 28.6 Å². The molecule has 162 valence electrons. The molecule has 0 bridgehead atoms. The molecule has 0 aromatic heterocycles. The Bertz CT molecular complexity index is 1110. The number of carbonyl (C=O) groups excluding carboxylic acids is 1. The lowest BCUT2D eigenvalue weighted by Gasteiger charge is -2.28. The number of carbonyl (C=O) groups is 1. The van der Waals surface area contributed by atoms with Gasteiger partial charge in [-0.1, -0.05) is 18.2 Å². The molecule has 8 heteroatoms. The van der Waals surface area contributed by atoms with Crippen molar-refractivity contribution < 1.29 is 22.7 Å². The zero-order valence-electron chi connectivity index (χ0n) is 17.5. The Labute approximate surface area is 182 Å². The maximum atomic E-state index is 12.8. The number of benzene rings is 3. The molecule has 0 aliphatic rings. The number of para-hydroxylation sites is 1. The molecule has 0 heterocycles. The Morgan fingerprint density at radius 1 is 0.871 bits per heavy atom. The second kappa shape index (κ2) is 9.53. The van der Waals surface area contributed by atoms with Crippen LogP contribution in [-0.4, -0.2) is 33.7 Å². The van der Waals surface area contributed by atoms with E-state index >= 15 is 0 Å². The monoisotopic (exact) mass is 440 g/mol. The third-order valence-corrected chi connectivity index (χ3v) is 5.76. The SMILES string of the molecule is COc1ccc(N([C@@H](C)C(=O)Nc2ccc(Oc3ccccc3)cc2)S(C)(=O)=O)cc1. The quantitative estimate of drug-likeness (QED) is 0.565. The summed E-state index contributed by atoms with van der Waals surface area (Å²) in [5, 5.41) is 2.75. The van der Waals surface area contributed by atoms with E-state index in [1.54, 1.807) is 48.5 Å². The van der Waals surface area contributed by atoms with Crippen molar-refractivity contribution in [2.45, 2.75) is 13.0 Å². The summed E-state index contributed by atoms with van der Waals surface area (Å²) in [7, 11) is -2.18. The fourth-order valence-corrected chi connectivity index (χ4v) is 4.19. The Hall–Kier alpha value is -3.52. The summed E-state index contributed by atoms with van der Waals surface area (Å²) in [4.78, 5) is 12.8. The van der Waals surface area contributed by atoms with Crippen LogP contribution < -0.4 is 19.1 Å². The van der Waals surface area contributed by atoms with Crippen molar-refractivity contribution in [3.63, 3.8) is 0 Å². The molecule has 3 rings (SSSR count). The van der Waals surface area contributed by atoms with Gasteiger partial charge in [0.05, 0.1) is 19.1 Å². The van der Waals surface area contributed by atoms with Gasteiger partial charge in [-0.15, -0.1) is 0 Å². The molecule has 0 unspecified atom stereocenters. The van der Waals surface area contributed by atoms with Crippen molar-refractivity contribution in [3.05, 3.63) is 78.9 Å². The Kier molecular flexibility index (Phi) is 6.81. The van der Waals surface area contributed by atoms with Crippen molar-refractivity contribution in [3.8, 4) is 17.2 Å². The fraction of sp³-hybridized carbons (Fsp3) is 0.174. The summed E-state index contributed by atoms with van der Waals surface area (Å²) in [6, 6.07) is 21.7. The van der Waals surface area contributed by atoms with E-state index in [2.05, 4.69) is 5.32 Å². The first-order valence-electron chi connectivity index (χ1n) is 9.55. The first kappa shape index (κ1) is 22.2. The van der Waals surface area contributed by atoms with Gasteiger partial charge in [0.1, 0.15) is 23.3 Å². The smallest absolute Gasteiger partial charge is 0.247 e. The summed E-state index contributed by atoms with van der Waals surface area (Å²) in [5.41, 5.74) is 0.901. The summed E-state index contributed by atoms with van der Waals surface area (Å²) >= 11 is 0. The van der Waals surface area contributed by atoms with Crippen molar-refractivity contribution in [2.24, 2.45) is 0 Å². The lowest BCUT2D eigenvalue weighted by atomic mass is 10.2. The summed E-state index contributed by atoms with van der Waals surface area (Å²) in [6.07, 6.45) is 1.07. The molecule has 0 saturated carbocycles. The highest BCUT2D eigenvalue weighted by molar-refractivity contribution is 7.92. The first-order valence-corrected chi connectivity index (χ1v) is 11.4. The number of nitrogens with zero attached hydrogens (tertiary/aromatic N) is 1. The fourth-order valence-electron chi connectivity index (χ4n) is 3.02. The Balaban J connectivity index is 1.72. The zero-order valence-corrected chi connectivity index (χ0v) is 18.3. The molecule has 31 heavy (non-hydrogen) atoms. The van der Waals surface area contributed by atoms with Gasteiger partial charge in [-0.2, -0.15) is 0 Å². The van der Waals surface area contributed by atoms with E-state index in [1.807, 2.05) is 30.3 Å². The highest BCUT2D eigenvalue weighted by atomic mass is 32.2. The second-order valence-corrected chi connectivity index (χ2v) is 8.72. The standard InChI is InChI=1S/C23H24N2O5S/c1-17(25(31(3,27)28)19-11-15-20(29-2)16-12-19)23(26)24-18-9-13-22(14-10-18)30-21-7-5-4-6-8-21/h4-17H,1-3H3,(H,24,26)/t17-/m0/s1. The number of hydrogen-bond acceptors (Lipinski definition) is 5. The topological polar surface area (TPSA) is 84.9 Å². The lowest BCUT2D eigenvalue weighted by molar-refractivity contribution is -0.116. The number of nitrogens with one attached hydrogen (secondary N) is 1. The van der Waals surface area contributed by atoms with Crippen LogP contribution in [0.5, 0.6) is 17.2 Å². The van der Waals surface area contributed by atoms with Gasteiger partial charge >= 0.3 is 0 Å². The predicted molar refractivity (Wildman–Crippen MR) is 121 cm³/mol. The van der Waals surface area contributed by atoms with Crippen LogP contribution in [0.25, 0.3) is 0 Å². The largest absolute Gasteiger partial charge is 0.497 e. The first-order chi connectivity index (χ1) is 14.8. The van der Waals surface area contributed by atoms with E-state index < -0.39 is 22.0 Å². The summed E-state index contributed by atoms with van der Waals surface area (Å²) in [5.74, 6) is 1.45. The molecule has 1 atom stereocenters. The van der Waals surface area contributed by atoms with Crippen LogP contribution in [0.2, 0.25) is 0 Å². The molecular formula is C23H24N2O5S. The van der Waals surface area contributed by atoms with Crippen LogP contribution in [0.3, 0.4) is 0 Å². The number of ether oxygens (including phenoxy) is 2. The molecule has 0 spiro atoms. The molecule has 0 aliphatic carbocycles. The second-order valence-electron chi connectivity index (χ2n) is 6.86. The number of anilines is 2. The van der Waals surface area contributed by atoms with Gasteiger partial charge < -0.3 is 14.8 Å². The minimum Gasteiger partial charge on any atom is -0.497 e. The summed E-state index contributed by atoms with van der Waals surface area (Å²) < 4.78 is 36.7. The maximum Gasteiger partial charge on any atom is 0.247 e. The van der Waals surface area contributed by atoms with E-state index in [-0.39, 0.29) is 0 Å². The zero-order chi connectivity index (χ0) is 22.4. The van der Waals surface area contributed by atoms with Crippen molar-refractivity contribution in [1.29, 1.82) is 0 Å². The number of rotatable bonds is 8. The number of methoxy groups -OCH3 is 1. The van der Waals surface area contributed by atoms with Crippen molar-refractivity contribution in [1.82, 2.24) is 0 Å². The van der Waals surface area contributed by atoms with Crippen molar-refractivity contribution >= 4 is 27.3 Å². The highest BCUT2D eigenvalue weighted by Gasteiger charge is 2.29. The molecule has 1 amide bonds. The molecule has 7 nitrogen and oxygen atoms in total. The molecule has 3 aromatic carbocycles. The van der Waals surface area contributed by atoms with Gasteiger partial charge in [0.25, 0.3) is 0 Å². The molecule has 0 aliphatic heterocycles. The maximum absolute atomic E-state index is 12.8. The molecular weight excluding hydrogens is 416 g/mol. The minimum atomic E-state index is -3.70. The average Bonchev–Trinajstić information content (AvgIpc) is 2.75. The summed E-state index contributed by atoms with van der Waals surface area (Å²) in [6.45, 7) is 1.54. The third-order valence-electron chi connectivity index (χ3n) is 4.52. The van der Waals surface area contributed by atoms with Crippen LogP contribution in [0.4, 0.5) is 11.4 Å². The number of sulfonamides is 1. The third kappa shape index (κ3) is 5.76. The normalized spacial score (nSPS) is 12.0.